The van der Waals surface area contributed by atoms with E-state index in [0.29, 0.717) is 0 Å². The van der Waals surface area contributed by atoms with Crippen LogP contribution < -0.4 is 5.32 Å². The maximum absolute atomic E-state index is 6.35. The number of anilines is 2. The summed E-state index contributed by atoms with van der Waals surface area (Å²) >= 11 is 0. The van der Waals surface area contributed by atoms with Crippen LogP contribution >= 0.6 is 0 Å². The van der Waals surface area contributed by atoms with Gasteiger partial charge in [-0.05, 0) is 34.5 Å². The van der Waals surface area contributed by atoms with Gasteiger partial charge in [0.1, 0.15) is 5.58 Å². The summed E-state index contributed by atoms with van der Waals surface area (Å²) in [4.78, 5) is 0. The van der Waals surface area contributed by atoms with E-state index in [0.717, 1.165) is 38.9 Å². The van der Waals surface area contributed by atoms with Crippen molar-refractivity contribution in [2.24, 2.45) is 0 Å². The molecule has 5 aromatic carbocycles. The van der Waals surface area contributed by atoms with Gasteiger partial charge in [-0.1, -0.05) is 91.0 Å². The minimum absolute atomic E-state index is 0.887. The summed E-state index contributed by atoms with van der Waals surface area (Å²) in [5.41, 5.74) is 6.17. The maximum atomic E-state index is 6.35. The van der Waals surface area contributed by atoms with Gasteiger partial charge in [-0.2, -0.15) is 0 Å². The Balaban J connectivity index is 1.61. The van der Waals surface area contributed by atoms with Crippen LogP contribution in [0.4, 0.5) is 11.4 Å². The zero-order chi connectivity index (χ0) is 19.9. The molecule has 1 heterocycles. The number of rotatable bonds is 3. The van der Waals surface area contributed by atoms with Gasteiger partial charge in [0.25, 0.3) is 0 Å². The van der Waals surface area contributed by atoms with E-state index >= 15 is 0 Å². The maximum Gasteiger partial charge on any atom is 0.159 e. The third kappa shape index (κ3) is 2.66. The topological polar surface area (TPSA) is 25.2 Å². The molecular formula is C28H19NO. The molecule has 1 aromatic heterocycles. The van der Waals surface area contributed by atoms with Gasteiger partial charge < -0.3 is 9.73 Å². The van der Waals surface area contributed by atoms with Crippen molar-refractivity contribution >= 4 is 44.1 Å². The van der Waals surface area contributed by atoms with Gasteiger partial charge in [0, 0.05) is 22.0 Å². The van der Waals surface area contributed by atoms with Gasteiger partial charge in [0.15, 0.2) is 5.58 Å². The average molecular weight is 385 g/mol. The smallest absolute Gasteiger partial charge is 0.159 e. The van der Waals surface area contributed by atoms with Crippen LogP contribution in [0.5, 0.6) is 0 Å². The van der Waals surface area contributed by atoms with Crippen LogP contribution in [0, 0.1) is 0 Å². The van der Waals surface area contributed by atoms with Crippen LogP contribution in [0.2, 0.25) is 0 Å². The molecule has 6 rings (SSSR count). The second-order valence-electron chi connectivity index (χ2n) is 7.48. The van der Waals surface area contributed by atoms with Crippen LogP contribution in [0.3, 0.4) is 0 Å². The fraction of sp³-hybridized carbons (Fsp3) is 0. The second-order valence-corrected chi connectivity index (χ2v) is 7.48. The standard InChI is InChI=1S/C28H19NO/c1-2-10-19(11-3-1)21-13-6-8-16-24(21)29-25-18-20-12-4-5-14-22(20)27-23-15-7-9-17-26(23)30-28(25)27/h1-18,29H. The van der Waals surface area contributed by atoms with Crippen molar-refractivity contribution in [1.29, 1.82) is 0 Å². The molecule has 0 aliphatic carbocycles. The lowest BCUT2D eigenvalue weighted by atomic mass is 10.0. The molecule has 6 aromatic rings. The van der Waals surface area contributed by atoms with Crippen LogP contribution in [-0.4, -0.2) is 0 Å². The van der Waals surface area contributed by atoms with Gasteiger partial charge in [-0.3, -0.25) is 0 Å². The Morgan fingerprint density at radius 1 is 0.567 bits per heavy atom. The highest BCUT2D eigenvalue weighted by atomic mass is 16.3. The molecule has 0 radical (unpaired) electrons. The van der Waals surface area contributed by atoms with E-state index < -0.39 is 0 Å². The summed E-state index contributed by atoms with van der Waals surface area (Å²) in [5, 5.41) is 8.37. The molecule has 0 fully saturated rings. The highest BCUT2D eigenvalue weighted by molar-refractivity contribution is 6.22. The first kappa shape index (κ1) is 16.9. The molecule has 0 atom stereocenters. The zero-order valence-electron chi connectivity index (χ0n) is 16.3. The summed E-state index contributed by atoms with van der Waals surface area (Å²) < 4.78 is 6.35. The summed E-state index contributed by atoms with van der Waals surface area (Å²) in [7, 11) is 0. The first-order valence-electron chi connectivity index (χ1n) is 10.1. The van der Waals surface area contributed by atoms with Crippen LogP contribution in [-0.2, 0) is 0 Å². The van der Waals surface area contributed by atoms with E-state index in [-0.39, 0.29) is 0 Å². The fourth-order valence-corrected chi connectivity index (χ4v) is 4.27. The Hall–Kier alpha value is -4.04. The minimum atomic E-state index is 0.887. The molecule has 2 nitrogen and oxygen atoms in total. The molecule has 0 aliphatic heterocycles. The Morgan fingerprint density at radius 2 is 1.27 bits per heavy atom. The second kappa shape index (κ2) is 6.78. The van der Waals surface area contributed by atoms with Crippen LogP contribution in [0.15, 0.2) is 114 Å². The predicted molar refractivity (Wildman–Crippen MR) is 126 cm³/mol. The van der Waals surface area contributed by atoms with E-state index in [2.05, 4.69) is 96.3 Å². The van der Waals surface area contributed by atoms with E-state index in [1.54, 1.807) is 0 Å². The molecule has 0 saturated heterocycles. The van der Waals surface area contributed by atoms with Crippen LogP contribution in [0.25, 0.3) is 43.8 Å². The highest BCUT2D eigenvalue weighted by Crippen LogP contribution is 2.41. The third-order valence-corrected chi connectivity index (χ3v) is 5.65. The van der Waals surface area contributed by atoms with Crippen molar-refractivity contribution in [3.63, 3.8) is 0 Å². The molecular weight excluding hydrogens is 366 g/mol. The summed E-state index contributed by atoms with van der Waals surface area (Å²) in [6.45, 7) is 0. The van der Waals surface area contributed by atoms with E-state index in [9.17, 15) is 0 Å². The van der Waals surface area contributed by atoms with Gasteiger partial charge in [0.05, 0.1) is 5.69 Å². The van der Waals surface area contributed by atoms with Crippen molar-refractivity contribution in [3.8, 4) is 11.1 Å². The number of para-hydroxylation sites is 2. The lowest BCUT2D eigenvalue weighted by molar-refractivity contribution is 0.670. The van der Waals surface area contributed by atoms with Crippen molar-refractivity contribution < 1.29 is 4.42 Å². The number of fused-ring (bicyclic) bond motifs is 5. The van der Waals surface area contributed by atoms with Crippen molar-refractivity contribution in [1.82, 2.24) is 0 Å². The first-order valence-corrected chi connectivity index (χ1v) is 10.1. The van der Waals surface area contributed by atoms with Gasteiger partial charge in [-0.25, -0.2) is 0 Å². The Labute approximate surface area is 174 Å². The van der Waals surface area contributed by atoms with Gasteiger partial charge in [-0.15, -0.1) is 0 Å². The average Bonchev–Trinajstić information content (AvgIpc) is 3.20. The monoisotopic (exact) mass is 385 g/mol. The quantitative estimate of drug-likeness (QED) is 0.332. The predicted octanol–water partition coefficient (Wildman–Crippen LogP) is 8.15. The third-order valence-electron chi connectivity index (χ3n) is 5.65. The molecule has 0 bridgehead atoms. The van der Waals surface area contributed by atoms with Gasteiger partial charge in [0.2, 0.25) is 0 Å². The SMILES string of the molecule is c1ccc(-c2ccccc2Nc2cc3ccccc3c3c2oc2ccccc23)cc1. The number of furan rings is 1. The fourth-order valence-electron chi connectivity index (χ4n) is 4.27. The summed E-state index contributed by atoms with van der Waals surface area (Å²) in [6, 6.07) is 37.8. The molecule has 30 heavy (non-hydrogen) atoms. The molecule has 2 heteroatoms. The Morgan fingerprint density at radius 3 is 2.17 bits per heavy atom. The lowest BCUT2D eigenvalue weighted by Gasteiger charge is -2.14. The van der Waals surface area contributed by atoms with E-state index in [4.69, 9.17) is 4.42 Å². The number of nitrogens with one attached hydrogen (secondary N) is 1. The van der Waals surface area contributed by atoms with E-state index in [1.807, 2.05) is 18.2 Å². The molecule has 0 amide bonds. The number of hydrogen-bond acceptors (Lipinski definition) is 2. The highest BCUT2D eigenvalue weighted by Gasteiger charge is 2.15. The van der Waals surface area contributed by atoms with Crippen molar-refractivity contribution in [3.05, 3.63) is 109 Å². The van der Waals surface area contributed by atoms with Crippen molar-refractivity contribution in [2.45, 2.75) is 0 Å². The Bertz CT molecular complexity index is 1510. The largest absolute Gasteiger partial charge is 0.454 e. The minimum Gasteiger partial charge on any atom is -0.454 e. The molecule has 142 valence electrons. The first-order chi connectivity index (χ1) is 14.9. The van der Waals surface area contributed by atoms with E-state index in [1.165, 1.54) is 16.3 Å². The summed E-state index contributed by atoms with van der Waals surface area (Å²) in [6.07, 6.45) is 0. The zero-order valence-corrected chi connectivity index (χ0v) is 16.3. The normalized spacial score (nSPS) is 11.3. The number of hydrogen-bond donors (Lipinski definition) is 1. The van der Waals surface area contributed by atoms with Gasteiger partial charge >= 0.3 is 0 Å². The Kier molecular flexibility index (Phi) is 3.82. The summed E-state index contributed by atoms with van der Waals surface area (Å²) in [5.74, 6) is 0. The number of benzene rings is 5. The van der Waals surface area contributed by atoms with Crippen LogP contribution in [0.1, 0.15) is 0 Å². The molecule has 0 spiro atoms. The molecule has 1 N–H and O–H groups in total. The lowest BCUT2D eigenvalue weighted by Crippen LogP contribution is -1.94. The molecule has 0 saturated carbocycles. The molecule has 0 aliphatic rings. The van der Waals surface area contributed by atoms with Crippen molar-refractivity contribution in [2.75, 3.05) is 5.32 Å². The molecule has 0 unspecified atom stereocenters.